The number of hydrogen-bond donors (Lipinski definition) is 0. The second-order valence-corrected chi connectivity index (χ2v) is 4.44. The Morgan fingerprint density at radius 3 is 1.38 bits per heavy atom. The molecule has 1 heteroatoms. The van der Waals surface area contributed by atoms with Crippen molar-refractivity contribution >= 4 is 11.8 Å². The molecule has 0 bridgehead atoms. The van der Waals surface area contributed by atoms with Crippen molar-refractivity contribution in [2.45, 2.75) is 60.6 Å². The van der Waals surface area contributed by atoms with Crippen LogP contribution in [0.3, 0.4) is 0 Å². The van der Waals surface area contributed by atoms with Crippen LogP contribution >= 0.6 is 11.8 Å². The molecule has 0 amide bonds. The van der Waals surface area contributed by atoms with Crippen molar-refractivity contribution in [1.82, 2.24) is 0 Å². The lowest BCUT2D eigenvalue weighted by molar-refractivity contribution is 0.685. The van der Waals surface area contributed by atoms with E-state index in [0.717, 1.165) is 11.2 Å². The van der Waals surface area contributed by atoms with Gasteiger partial charge in [0.05, 0.1) is 0 Å². The van der Waals surface area contributed by atoms with E-state index >= 15 is 0 Å². The van der Waals surface area contributed by atoms with Crippen molar-refractivity contribution in [3.8, 4) is 0 Å². The number of allylic oxidation sites excluding steroid dienone is 2. The fourth-order valence-corrected chi connectivity index (χ4v) is 2.48. The maximum absolute atomic E-state index is 2.31. The van der Waals surface area contributed by atoms with Gasteiger partial charge in [0, 0.05) is 5.25 Å². The highest BCUT2D eigenvalue weighted by Crippen LogP contribution is 2.40. The van der Waals surface area contributed by atoms with Gasteiger partial charge in [-0.2, -0.15) is 0 Å². The smallest absolute Gasteiger partial charge is 0.0126 e. The quantitative estimate of drug-likeness (QED) is 0.526. The van der Waals surface area contributed by atoms with Gasteiger partial charge >= 0.3 is 0 Å². The lowest BCUT2D eigenvalue weighted by Crippen LogP contribution is -2.04. The Kier molecular flexibility index (Phi) is 10.4. The summed E-state index contributed by atoms with van der Waals surface area (Å²) >= 11 is 2.02. The minimum Gasteiger partial charge on any atom is -0.127 e. The highest BCUT2D eigenvalue weighted by molar-refractivity contribution is 8.03. The van der Waals surface area contributed by atoms with Crippen LogP contribution in [0.15, 0.2) is 10.5 Å². The topological polar surface area (TPSA) is 0 Å². The first-order chi connectivity index (χ1) is 6.13. The molecule has 1 aliphatic rings. The molecule has 0 N–H and O–H groups in total. The molecular formula is C12H26S. The lowest BCUT2D eigenvalue weighted by atomic mass is 10.0. The van der Waals surface area contributed by atoms with Crippen molar-refractivity contribution < 1.29 is 0 Å². The van der Waals surface area contributed by atoms with E-state index in [0.29, 0.717) is 0 Å². The molecule has 0 nitrogen and oxygen atoms in total. The third kappa shape index (κ3) is 4.75. The van der Waals surface area contributed by atoms with Crippen LogP contribution in [0.1, 0.15) is 55.4 Å². The van der Waals surface area contributed by atoms with Gasteiger partial charge in [-0.15, -0.1) is 11.8 Å². The first-order valence-corrected chi connectivity index (χ1v) is 6.35. The molecule has 13 heavy (non-hydrogen) atoms. The minimum absolute atomic E-state index is 0.801. The molecule has 1 aliphatic heterocycles. The number of thioether (sulfide) groups is 1. The van der Waals surface area contributed by atoms with Crippen LogP contribution in [-0.4, -0.2) is 5.25 Å². The Labute approximate surface area is 89.2 Å². The molecule has 1 rings (SSSR count). The second-order valence-electron chi connectivity index (χ2n) is 2.85. The Balaban J connectivity index is 0. The summed E-state index contributed by atoms with van der Waals surface area (Å²) in [6.07, 6.45) is 0. The molecule has 80 valence electrons. The monoisotopic (exact) mass is 202 g/mol. The molecule has 1 heterocycles. The van der Waals surface area contributed by atoms with Crippen molar-refractivity contribution in [3.63, 3.8) is 0 Å². The van der Waals surface area contributed by atoms with E-state index < -0.39 is 0 Å². The van der Waals surface area contributed by atoms with Gasteiger partial charge in [-0.1, -0.05) is 47.1 Å². The summed E-state index contributed by atoms with van der Waals surface area (Å²) in [5.41, 5.74) is 1.59. The summed E-state index contributed by atoms with van der Waals surface area (Å²) in [6, 6.07) is 0. The van der Waals surface area contributed by atoms with Crippen molar-refractivity contribution in [2.75, 3.05) is 0 Å². The van der Waals surface area contributed by atoms with Crippen LogP contribution in [0.25, 0.3) is 0 Å². The highest BCUT2D eigenvalue weighted by Gasteiger charge is 2.23. The minimum atomic E-state index is 0.801. The van der Waals surface area contributed by atoms with Crippen LogP contribution in [0.4, 0.5) is 0 Å². The molecule has 0 aromatic heterocycles. The average molecular weight is 202 g/mol. The van der Waals surface area contributed by atoms with Crippen molar-refractivity contribution in [1.29, 1.82) is 0 Å². The Morgan fingerprint density at radius 1 is 0.923 bits per heavy atom. The first kappa shape index (κ1) is 15.6. The SMILES string of the molecule is CC.CC.CC1=C(C)C(C)C(C)S1. The zero-order chi connectivity index (χ0) is 11.0. The standard InChI is InChI=1S/C8H14S.2C2H6/c1-5-6(2)8(4)9-7(5)3;2*1-2/h5,7H,1-4H3;2*1-2H3. The van der Waals surface area contributed by atoms with Gasteiger partial charge in [-0.05, 0) is 24.7 Å². The molecule has 2 unspecified atom stereocenters. The molecule has 0 saturated carbocycles. The van der Waals surface area contributed by atoms with Gasteiger partial charge in [0.1, 0.15) is 0 Å². The van der Waals surface area contributed by atoms with Gasteiger partial charge in [0.2, 0.25) is 0 Å². The fraction of sp³-hybridized carbons (Fsp3) is 0.833. The van der Waals surface area contributed by atoms with E-state index in [-0.39, 0.29) is 0 Å². The van der Waals surface area contributed by atoms with Crippen LogP contribution in [0, 0.1) is 5.92 Å². The molecular weight excluding hydrogens is 176 g/mol. The van der Waals surface area contributed by atoms with Crippen molar-refractivity contribution in [2.24, 2.45) is 5.92 Å². The first-order valence-electron chi connectivity index (χ1n) is 5.47. The molecule has 0 fully saturated rings. The summed E-state index contributed by atoms with van der Waals surface area (Å²) in [7, 11) is 0. The molecule has 0 aromatic carbocycles. The molecule has 0 aliphatic carbocycles. The molecule has 2 atom stereocenters. The third-order valence-corrected chi connectivity index (χ3v) is 3.76. The maximum Gasteiger partial charge on any atom is 0.0126 e. The van der Waals surface area contributed by atoms with E-state index in [1.165, 1.54) is 4.91 Å². The average Bonchev–Trinajstić information content (AvgIpc) is 2.40. The largest absolute Gasteiger partial charge is 0.127 e. The van der Waals surface area contributed by atoms with E-state index in [1.807, 2.05) is 39.5 Å². The summed E-state index contributed by atoms with van der Waals surface area (Å²) in [4.78, 5) is 1.54. The fourth-order valence-electron chi connectivity index (χ4n) is 1.15. The van der Waals surface area contributed by atoms with Gasteiger partial charge in [-0.25, -0.2) is 0 Å². The second kappa shape index (κ2) is 8.68. The lowest BCUT2D eigenvalue weighted by Gasteiger charge is -2.08. The summed E-state index contributed by atoms with van der Waals surface area (Å²) in [5, 5.41) is 0.810. The highest BCUT2D eigenvalue weighted by atomic mass is 32.2. The Bertz CT molecular complexity index is 147. The van der Waals surface area contributed by atoms with Gasteiger partial charge in [0.25, 0.3) is 0 Å². The van der Waals surface area contributed by atoms with Crippen molar-refractivity contribution in [3.05, 3.63) is 10.5 Å². The summed E-state index contributed by atoms with van der Waals surface area (Å²) in [6.45, 7) is 17.1. The van der Waals surface area contributed by atoms with E-state index in [9.17, 15) is 0 Å². The number of rotatable bonds is 0. The Morgan fingerprint density at radius 2 is 1.31 bits per heavy atom. The summed E-state index contributed by atoms with van der Waals surface area (Å²) in [5.74, 6) is 0.801. The summed E-state index contributed by atoms with van der Waals surface area (Å²) < 4.78 is 0. The molecule has 0 saturated heterocycles. The van der Waals surface area contributed by atoms with Crippen LogP contribution in [0.2, 0.25) is 0 Å². The van der Waals surface area contributed by atoms with Crippen LogP contribution in [-0.2, 0) is 0 Å². The molecule has 0 spiro atoms. The third-order valence-electron chi connectivity index (χ3n) is 2.31. The zero-order valence-corrected chi connectivity index (χ0v) is 11.4. The van der Waals surface area contributed by atoms with Gasteiger partial charge < -0.3 is 0 Å². The predicted molar refractivity (Wildman–Crippen MR) is 67.3 cm³/mol. The van der Waals surface area contributed by atoms with E-state index in [4.69, 9.17) is 0 Å². The van der Waals surface area contributed by atoms with Gasteiger partial charge in [0.15, 0.2) is 0 Å². The van der Waals surface area contributed by atoms with E-state index in [2.05, 4.69) is 27.7 Å². The van der Waals surface area contributed by atoms with Crippen LogP contribution < -0.4 is 0 Å². The predicted octanol–water partition coefficient (Wildman–Crippen LogP) is 5.10. The normalized spacial score (nSPS) is 25.8. The maximum atomic E-state index is 2.31. The molecule has 0 aromatic rings. The molecule has 0 radical (unpaired) electrons. The number of hydrogen-bond acceptors (Lipinski definition) is 1. The Hall–Kier alpha value is 0.0900. The van der Waals surface area contributed by atoms with Crippen LogP contribution in [0.5, 0.6) is 0 Å². The van der Waals surface area contributed by atoms with Gasteiger partial charge in [-0.3, -0.25) is 0 Å². The zero-order valence-electron chi connectivity index (χ0n) is 10.6. The van der Waals surface area contributed by atoms with E-state index in [1.54, 1.807) is 5.57 Å².